The number of carbonyl (C=O) groups is 1. The molecular weight excluding hydrogens is 216 g/mol. The first kappa shape index (κ1) is 11.7. The van der Waals surface area contributed by atoms with E-state index in [0.717, 1.165) is 0 Å². The molecule has 0 bridgehead atoms. The summed E-state index contributed by atoms with van der Waals surface area (Å²) in [5, 5.41) is 2.86. The second-order valence-corrected chi connectivity index (χ2v) is 3.22. The van der Waals surface area contributed by atoms with Crippen LogP contribution in [-0.4, -0.2) is 36.0 Å². The van der Waals surface area contributed by atoms with Crippen LogP contribution in [0, 0.1) is 0 Å². The minimum absolute atomic E-state index is 0.0847. The molecule has 0 spiro atoms. The van der Waals surface area contributed by atoms with Crippen LogP contribution in [0.15, 0.2) is 12.4 Å². The van der Waals surface area contributed by atoms with Crippen LogP contribution < -0.4 is 10.2 Å². The van der Waals surface area contributed by atoms with Crippen molar-refractivity contribution in [1.82, 2.24) is 15.3 Å². The maximum Gasteiger partial charge on any atom is 0.239 e. The lowest BCUT2D eigenvalue weighted by Crippen LogP contribution is -2.36. The van der Waals surface area contributed by atoms with Crippen molar-refractivity contribution in [3.05, 3.63) is 17.5 Å². The number of halogens is 1. The first-order valence-corrected chi connectivity index (χ1v) is 4.98. The molecule has 0 aliphatic carbocycles. The van der Waals surface area contributed by atoms with E-state index in [0.29, 0.717) is 17.5 Å². The van der Waals surface area contributed by atoms with Crippen LogP contribution in [0.25, 0.3) is 0 Å². The Labute approximate surface area is 93.5 Å². The number of aromatic nitrogens is 2. The molecule has 6 heteroatoms. The summed E-state index contributed by atoms with van der Waals surface area (Å²) < 4.78 is 0. The molecule has 15 heavy (non-hydrogen) atoms. The Morgan fingerprint density at radius 2 is 2.20 bits per heavy atom. The molecule has 1 aromatic heterocycles. The number of carbonyl (C=O) groups excluding carboxylic acids is 1. The number of anilines is 1. The van der Waals surface area contributed by atoms with Gasteiger partial charge in [0.1, 0.15) is 0 Å². The van der Waals surface area contributed by atoms with Crippen LogP contribution in [0.1, 0.15) is 6.92 Å². The van der Waals surface area contributed by atoms with Gasteiger partial charge in [-0.2, -0.15) is 0 Å². The maximum atomic E-state index is 11.2. The Kier molecular flexibility index (Phi) is 4.30. The van der Waals surface area contributed by atoms with E-state index in [9.17, 15) is 4.79 Å². The lowest BCUT2D eigenvalue weighted by molar-refractivity contribution is -0.119. The van der Waals surface area contributed by atoms with E-state index in [1.807, 2.05) is 6.92 Å². The highest BCUT2D eigenvalue weighted by Gasteiger charge is 2.13. The fourth-order valence-corrected chi connectivity index (χ4v) is 1.34. The number of hydrogen-bond acceptors (Lipinski definition) is 4. The van der Waals surface area contributed by atoms with Gasteiger partial charge in [-0.3, -0.25) is 4.79 Å². The van der Waals surface area contributed by atoms with Crippen molar-refractivity contribution in [1.29, 1.82) is 0 Å². The van der Waals surface area contributed by atoms with Crippen LogP contribution >= 0.6 is 11.6 Å². The molecule has 0 aromatic carbocycles. The van der Waals surface area contributed by atoms with E-state index in [-0.39, 0.29) is 12.5 Å². The van der Waals surface area contributed by atoms with E-state index in [1.54, 1.807) is 18.1 Å². The average Bonchev–Trinajstić information content (AvgIpc) is 2.26. The Balaban J connectivity index is 2.83. The van der Waals surface area contributed by atoms with Crippen LogP contribution in [0.3, 0.4) is 0 Å². The highest BCUT2D eigenvalue weighted by Crippen LogP contribution is 2.18. The van der Waals surface area contributed by atoms with Crippen LogP contribution in [0.4, 0.5) is 5.82 Å². The first-order valence-electron chi connectivity index (χ1n) is 4.61. The van der Waals surface area contributed by atoms with Gasteiger partial charge in [0, 0.05) is 26.0 Å². The van der Waals surface area contributed by atoms with E-state index >= 15 is 0 Å². The zero-order valence-electron chi connectivity index (χ0n) is 8.70. The molecule has 0 saturated carbocycles. The summed E-state index contributed by atoms with van der Waals surface area (Å²) in [4.78, 5) is 21.0. The molecule has 1 heterocycles. The zero-order valence-corrected chi connectivity index (χ0v) is 9.45. The Morgan fingerprint density at radius 3 is 2.73 bits per heavy atom. The molecule has 0 aliphatic rings. The maximum absolute atomic E-state index is 11.2. The van der Waals surface area contributed by atoms with Crippen molar-refractivity contribution in [2.24, 2.45) is 0 Å². The number of amides is 1. The van der Waals surface area contributed by atoms with Gasteiger partial charge >= 0.3 is 0 Å². The summed E-state index contributed by atoms with van der Waals surface area (Å²) >= 11 is 5.88. The third-order valence-corrected chi connectivity index (χ3v) is 2.20. The largest absolute Gasteiger partial charge is 0.358 e. The molecule has 0 aliphatic heterocycles. The number of likely N-dealkylation sites (N-methyl/N-ethyl adjacent to an activating group) is 2. The summed E-state index contributed by atoms with van der Waals surface area (Å²) in [5.41, 5.74) is 0. The fourth-order valence-electron chi connectivity index (χ4n) is 1.11. The average molecular weight is 229 g/mol. The van der Waals surface area contributed by atoms with E-state index < -0.39 is 0 Å². The number of nitrogens with one attached hydrogen (secondary N) is 1. The van der Waals surface area contributed by atoms with Crippen molar-refractivity contribution in [2.45, 2.75) is 6.92 Å². The summed E-state index contributed by atoms with van der Waals surface area (Å²) in [6.45, 7) is 2.80. The minimum atomic E-state index is -0.0847. The van der Waals surface area contributed by atoms with Crippen LogP contribution in [0.5, 0.6) is 0 Å². The highest BCUT2D eigenvalue weighted by atomic mass is 35.5. The van der Waals surface area contributed by atoms with Crippen molar-refractivity contribution in [3.63, 3.8) is 0 Å². The minimum Gasteiger partial charge on any atom is -0.358 e. The van der Waals surface area contributed by atoms with Gasteiger partial charge in [-0.1, -0.05) is 11.6 Å². The molecule has 0 fully saturated rings. The Morgan fingerprint density at radius 1 is 1.53 bits per heavy atom. The molecule has 0 saturated heterocycles. The van der Waals surface area contributed by atoms with Crippen molar-refractivity contribution in [2.75, 3.05) is 25.0 Å². The summed E-state index contributed by atoms with van der Waals surface area (Å²) in [6.07, 6.45) is 3.06. The third kappa shape index (κ3) is 3.06. The zero-order chi connectivity index (χ0) is 11.3. The topological polar surface area (TPSA) is 58.1 Å². The van der Waals surface area contributed by atoms with Gasteiger partial charge < -0.3 is 10.2 Å². The molecule has 0 radical (unpaired) electrons. The molecule has 82 valence electrons. The summed E-state index contributed by atoms with van der Waals surface area (Å²) in [5.74, 6) is 0.448. The molecule has 1 amide bonds. The van der Waals surface area contributed by atoms with Gasteiger partial charge in [-0.15, -0.1) is 0 Å². The number of nitrogens with zero attached hydrogens (tertiary/aromatic N) is 3. The second kappa shape index (κ2) is 5.50. The van der Waals surface area contributed by atoms with E-state index in [4.69, 9.17) is 11.6 Å². The van der Waals surface area contributed by atoms with Crippen LogP contribution in [0.2, 0.25) is 5.15 Å². The Hall–Kier alpha value is -1.36. The van der Waals surface area contributed by atoms with Gasteiger partial charge in [-0.05, 0) is 6.92 Å². The van der Waals surface area contributed by atoms with E-state index in [2.05, 4.69) is 15.3 Å². The molecule has 0 unspecified atom stereocenters. The van der Waals surface area contributed by atoms with Gasteiger partial charge in [0.15, 0.2) is 11.0 Å². The molecule has 1 aromatic rings. The van der Waals surface area contributed by atoms with E-state index in [1.165, 1.54) is 6.20 Å². The lowest BCUT2D eigenvalue weighted by Gasteiger charge is -2.20. The number of rotatable bonds is 4. The standard InChI is InChI=1S/C9H13ClN4O/c1-3-14(6-7(15)11-2)9-8(10)12-4-5-13-9/h4-5H,3,6H2,1-2H3,(H,11,15). The monoisotopic (exact) mass is 228 g/mol. The molecule has 5 nitrogen and oxygen atoms in total. The third-order valence-electron chi connectivity index (χ3n) is 1.93. The van der Waals surface area contributed by atoms with Gasteiger partial charge in [0.05, 0.1) is 6.54 Å². The van der Waals surface area contributed by atoms with Crippen LogP contribution in [-0.2, 0) is 4.79 Å². The summed E-state index contributed by atoms with van der Waals surface area (Å²) in [7, 11) is 1.59. The van der Waals surface area contributed by atoms with Gasteiger partial charge in [0.25, 0.3) is 0 Å². The highest BCUT2D eigenvalue weighted by molar-refractivity contribution is 6.31. The second-order valence-electron chi connectivity index (χ2n) is 2.86. The number of hydrogen-bond donors (Lipinski definition) is 1. The predicted molar refractivity (Wildman–Crippen MR) is 59.0 cm³/mol. The molecule has 1 N–H and O–H groups in total. The quantitative estimate of drug-likeness (QED) is 0.825. The van der Waals surface area contributed by atoms with Gasteiger partial charge in [-0.25, -0.2) is 9.97 Å². The predicted octanol–water partition coefficient (Wildman–Crippen LogP) is 0.702. The molecule has 1 rings (SSSR count). The lowest BCUT2D eigenvalue weighted by atomic mass is 10.4. The van der Waals surface area contributed by atoms with Crippen molar-refractivity contribution in [3.8, 4) is 0 Å². The normalized spacial score (nSPS) is 9.80. The fraction of sp³-hybridized carbons (Fsp3) is 0.444. The van der Waals surface area contributed by atoms with Crippen molar-refractivity contribution < 1.29 is 4.79 Å². The first-order chi connectivity index (χ1) is 7.19. The SMILES string of the molecule is CCN(CC(=O)NC)c1nccnc1Cl. The smallest absolute Gasteiger partial charge is 0.239 e. The van der Waals surface area contributed by atoms with Gasteiger partial charge in [0.2, 0.25) is 5.91 Å². The molecule has 0 atom stereocenters. The summed E-state index contributed by atoms with van der Waals surface area (Å²) in [6, 6.07) is 0. The molecular formula is C9H13ClN4O. The van der Waals surface area contributed by atoms with Crippen molar-refractivity contribution >= 4 is 23.3 Å². The Bertz CT molecular complexity index is 345.